The quantitative estimate of drug-likeness (QED) is 0.787. The standard InChI is InChI=1S/C16H19N3O5S/c1-18-15(21)11-4-3-5-12(13(11)16(18)22)17-14(20)10-6-8-19(9-7-10)25(2,23)24/h3-5,10H,6-9H2,1-2H3,(H,17,20). The molecule has 3 amide bonds. The molecule has 25 heavy (non-hydrogen) atoms. The highest BCUT2D eigenvalue weighted by Crippen LogP contribution is 2.29. The van der Waals surface area contributed by atoms with Gasteiger partial charge in [-0.2, -0.15) is 0 Å². The van der Waals surface area contributed by atoms with Gasteiger partial charge >= 0.3 is 0 Å². The molecule has 1 aromatic rings. The number of rotatable bonds is 3. The van der Waals surface area contributed by atoms with E-state index in [4.69, 9.17) is 0 Å². The zero-order valence-electron chi connectivity index (χ0n) is 14.0. The molecule has 1 N–H and O–H groups in total. The van der Waals surface area contributed by atoms with Crippen LogP contribution in [0, 0.1) is 5.92 Å². The zero-order valence-corrected chi connectivity index (χ0v) is 14.8. The molecule has 0 saturated carbocycles. The van der Waals surface area contributed by atoms with E-state index in [1.807, 2.05) is 0 Å². The number of carbonyl (C=O) groups is 3. The minimum absolute atomic E-state index is 0.205. The predicted molar refractivity (Wildman–Crippen MR) is 90.6 cm³/mol. The molecule has 0 aromatic heterocycles. The minimum atomic E-state index is -3.25. The molecule has 0 spiro atoms. The molecule has 3 rings (SSSR count). The lowest BCUT2D eigenvalue weighted by Gasteiger charge is -2.29. The summed E-state index contributed by atoms with van der Waals surface area (Å²) in [6, 6.07) is 4.76. The Hall–Kier alpha value is -2.26. The molecule has 1 aromatic carbocycles. The van der Waals surface area contributed by atoms with Crippen LogP contribution in [0.15, 0.2) is 18.2 Å². The third-order valence-corrected chi connectivity index (χ3v) is 5.97. The van der Waals surface area contributed by atoms with Gasteiger partial charge in [0.15, 0.2) is 0 Å². The normalized spacial score (nSPS) is 19.2. The smallest absolute Gasteiger partial charge is 0.263 e. The van der Waals surface area contributed by atoms with Gasteiger partial charge in [0.25, 0.3) is 11.8 Å². The predicted octanol–water partition coefficient (Wildman–Crippen LogP) is 0.522. The molecule has 8 nitrogen and oxygen atoms in total. The lowest BCUT2D eigenvalue weighted by Crippen LogP contribution is -2.41. The molecule has 0 bridgehead atoms. The Bertz CT molecular complexity index is 857. The van der Waals surface area contributed by atoms with Crippen LogP contribution < -0.4 is 5.32 Å². The van der Waals surface area contributed by atoms with Gasteiger partial charge in [0.2, 0.25) is 15.9 Å². The van der Waals surface area contributed by atoms with Crippen molar-refractivity contribution in [3.63, 3.8) is 0 Å². The van der Waals surface area contributed by atoms with Crippen LogP contribution in [-0.2, 0) is 14.8 Å². The number of fused-ring (bicyclic) bond motifs is 1. The number of hydrogen-bond donors (Lipinski definition) is 1. The lowest BCUT2D eigenvalue weighted by molar-refractivity contribution is -0.120. The van der Waals surface area contributed by atoms with E-state index in [1.165, 1.54) is 11.4 Å². The molecular formula is C16H19N3O5S. The zero-order chi connectivity index (χ0) is 18.4. The van der Waals surface area contributed by atoms with Crippen LogP contribution in [0.5, 0.6) is 0 Å². The van der Waals surface area contributed by atoms with Gasteiger partial charge in [0, 0.05) is 26.1 Å². The highest BCUT2D eigenvalue weighted by molar-refractivity contribution is 7.88. The van der Waals surface area contributed by atoms with Gasteiger partial charge in [-0.3, -0.25) is 19.3 Å². The number of carbonyl (C=O) groups excluding carboxylic acids is 3. The Morgan fingerprint density at radius 3 is 2.40 bits per heavy atom. The highest BCUT2D eigenvalue weighted by Gasteiger charge is 2.36. The number of nitrogens with one attached hydrogen (secondary N) is 1. The van der Waals surface area contributed by atoms with Crippen molar-refractivity contribution < 1.29 is 22.8 Å². The third kappa shape index (κ3) is 3.16. The molecule has 2 aliphatic rings. The Kier molecular flexibility index (Phi) is 4.38. The van der Waals surface area contributed by atoms with E-state index in [0.717, 1.165) is 11.2 Å². The fourth-order valence-electron chi connectivity index (χ4n) is 3.19. The average Bonchev–Trinajstić information content (AvgIpc) is 2.79. The van der Waals surface area contributed by atoms with Crippen LogP contribution in [0.2, 0.25) is 0 Å². The third-order valence-electron chi connectivity index (χ3n) is 4.67. The first-order valence-corrected chi connectivity index (χ1v) is 9.76. The van der Waals surface area contributed by atoms with Gasteiger partial charge in [-0.05, 0) is 25.0 Å². The fourth-order valence-corrected chi connectivity index (χ4v) is 4.06. The first kappa shape index (κ1) is 17.6. The molecule has 2 heterocycles. The van der Waals surface area contributed by atoms with E-state index in [2.05, 4.69) is 5.32 Å². The molecule has 0 atom stereocenters. The molecule has 2 aliphatic heterocycles. The number of benzene rings is 1. The number of nitrogens with zero attached hydrogens (tertiary/aromatic N) is 2. The molecule has 134 valence electrons. The van der Waals surface area contributed by atoms with Crippen molar-refractivity contribution in [2.75, 3.05) is 31.7 Å². The van der Waals surface area contributed by atoms with Gasteiger partial charge in [-0.15, -0.1) is 0 Å². The van der Waals surface area contributed by atoms with Crippen LogP contribution in [0.4, 0.5) is 5.69 Å². The van der Waals surface area contributed by atoms with Gasteiger partial charge in [-0.1, -0.05) is 6.07 Å². The summed E-state index contributed by atoms with van der Waals surface area (Å²) in [5.41, 5.74) is 0.796. The van der Waals surface area contributed by atoms with Crippen LogP contribution in [-0.4, -0.2) is 61.7 Å². The molecule has 1 saturated heterocycles. The highest BCUT2D eigenvalue weighted by atomic mass is 32.2. The monoisotopic (exact) mass is 365 g/mol. The summed E-state index contributed by atoms with van der Waals surface area (Å²) < 4.78 is 24.4. The van der Waals surface area contributed by atoms with E-state index >= 15 is 0 Å². The van der Waals surface area contributed by atoms with Crippen LogP contribution >= 0.6 is 0 Å². The van der Waals surface area contributed by atoms with Gasteiger partial charge in [0.1, 0.15) is 0 Å². The maximum atomic E-state index is 12.5. The van der Waals surface area contributed by atoms with Crippen molar-refractivity contribution >= 4 is 33.4 Å². The first-order valence-electron chi connectivity index (χ1n) is 7.91. The summed E-state index contributed by atoms with van der Waals surface area (Å²) in [6.07, 6.45) is 1.99. The van der Waals surface area contributed by atoms with Crippen molar-refractivity contribution in [1.29, 1.82) is 0 Å². The summed E-state index contributed by atoms with van der Waals surface area (Å²) in [7, 11) is -1.85. The van der Waals surface area contributed by atoms with Gasteiger partial charge < -0.3 is 5.32 Å². The number of piperidine rings is 1. The Morgan fingerprint density at radius 1 is 1.16 bits per heavy atom. The van der Waals surface area contributed by atoms with Crippen LogP contribution in [0.1, 0.15) is 33.6 Å². The fraction of sp³-hybridized carbons (Fsp3) is 0.438. The molecule has 0 radical (unpaired) electrons. The number of sulfonamides is 1. The summed E-state index contributed by atoms with van der Waals surface area (Å²) >= 11 is 0. The lowest BCUT2D eigenvalue weighted by atomic mass is 9.96. The van der Waals surface area contributed by atoms with E-state index in [1.54, 1.807) is 18.2 Å². The average molecular weight is 365 g/mol. The van der Waals surface area contributed by atoms with Gasteiger partial charge in [-0.25, -0.2) is 12.7 Å². The van der Waals surface area contributed by atoms with Crippen molar-refractivity contribution in [3.05, 3.63) is 29.3 Å². The maximum Gasteiger partial charge on any atom is 0.263 e. The molecule has 0 unspecified atom stereocenters. The second-order valence-electron chi connectivity index (χ2n) is 6.32. The maximum absolute atomic E-state index is 12.5. The van der Waals surface area contributed by atoms with Crippen molar-refractivity contribution in [2.45, 2.75) is 12.8 Å². The van der Waals surface area contributed by atoms with Crippen molar-refractivity contribution in [1.82, 2.24) is 9.21 Å². The summed E-state index contributed by atoms with van der Waals surface area (Å²) in [5.74, 6) is -1.43. The SMILES string of the molecule is CN1C(=O)c2cccc(NC(=O)C3CCN(S(C)(=O)=O)CC3)c2C1=O. The van der Waals surface area contributed by atoms with E-state index in [0.29, 0.717) is 31.6 Å². The van der Waals surface area contributed by atoms with E-state index < -0.39 is 21.8 Å². The van der Waals surface area contributed by atoms with Crippen molar-refractivity contribution in [3.8, 4) is 0 Å². The number of amides is 3. The molecule has 1 fully saturated rings. The Labute approximate surface area is 145 Å². The Balaban J connectivity index is 1.74. The molecular weight excluding hydrogens is 346 g/mol. The van der Waals surface area contributed by atoms with Crippen molar-refractivity contribution in [2.24, 2.45) is 5.92 Å². The number of imide groups is 1. The summed E-state index contributed by atoms with van der Waals surface area (Å²) in [5, 5.41) is 2.73. The van der Waals surface area contributed by atoms with Crippen LogP contribution in [0.3, 0.4) is 0 Å². The topological polar surface area (TPSA) is 104 Å². The molecule has 9 heteroatoms. The minimum Gasteiger partial charge on any atom is -0.325 e. The first-order chi connectivity index (χ1) is 11.7. The van der Waals surface area contributed by atoms with Gasteiger partial charge in [0.05, 0.1) is 23.1 Å². The Morgan fingerprint density at radius 2 is 1.80 bits per heavy atom. The largest absolute Gasteiger partial charge is 0.325 e. The van der Waals surface area contributed by atoms with E-state index in [9.17, 15) is 22.8 Å². The number of anilines is 1. The second kappa shape index (κ2) is 6.23. The van der Waals surface area contributed by atoms with Crippen LogP contribution in [0.25, 0.3) is 0 Å². The summed E-state index contributed by atoms with van der Waals surface area (Å²) in [6.45, 7) is 0.591. The summed E-state index contributed by atoms with van der Waals surface area (Å²) in [4.78, 5) is 37.7. The molecule has 0 aliphatic carbocycles. The number of hydrogen-bond acceptors (Lipinski definition) is 5. The van der Waals surface area contributed by atoms with E-state index in [-0.39, 0.29) is 23.0 Å². The second-order valence-corrected chi connectivity index (χ2v) is 8.31.